The van der Waals surface area contributed by atoms with Gasteiger partial charge < -0.3 is 5.32 Å². The zero-order valence-corrected chi connectivity index (χ0v) is 13.5. The Hall–Kier alpha value is -0.830. The summed E-state index contributed by atoms with van der Waals surface area (Å²) in [5, 5.41) is 8.49. The Morgan fingerprint density at radius 2 is 1.90 bits per heavy atom. The van der Waals surface area contributed by atoms with Crippen LogP contribution in [0.15, 0.2) is 6.07 Å². The Morgan fingerprint density at radius 3 is 2.45 bits per heavy atom. The molecule has 0 aromatic carbocycles. The van der Waals surface area contributed by atoms with E-state index in [1.165, 1.54) is 49.9 Å². The van der Waals surface area contributed by atoms with Gasteiger partial charge in [-0.15, -0.1) is 0 Å². The average molecular weight is 277 g/mol. The van der Waals surface area contributed by atoms with Crippen molar-refractivity contribution in [2.24, 2.45) is 5.92 Å². The Labute approximate surface area is 124 Å². The van der Waals surface area contributed by atoms with Crippen molar-refractivity contribution in [3.05, 3.63) is 17.5 Å². The minimum absolute atomic E-state index is 0.492. The molecule has 0 bridgehead atoms. The first-order valence-corrected chi connectivity index (χ1v) is 8.60. The SMILES string of the molecule is CCNC(c1cc(CC)nn1CC)C1CCCCCC1. The van der Waals surface area contributed by atoms with E-state index in [1.807, 2.05) is 0 Å². The highest BCUT2D eigenvalue weighted by atomic mass is 15.3. The van der Waals surface area contributed by atoms with E-state index in [4.69, 9.17) is 5.10 Å². The number of nitrogens with one attached hydrogen (secondary N) is 1. The predicted molar refractivity (Wildman–Crippen MR) is 84.9 cm³/mol. The van der Waals surface area contributed by atoms with Crippen molar-refractivity contribution in [1.82, 2.24) is 15.1 Å². The summed E-state index contributed by atoms with van der Waals surface area (Å²) in [6.07, 6.45) is 9.40. The number of hydrogen-bond acceptors (Lipinski definition) is 2. The Bertz CT molecular complexity index is 389. The van der Waals surface area contributed by atoms with Gasteiger partial charge in [0, 0.05) is 6.54 Å². The van der Waals surface area contributed by atoms with Crippen molar-refractivity contribution in [2.45, 2.75) is 78.3 Å². The van der Waals surface area contributed by atoms with Crippen LogP contribution >= 0.6 is 0 Å². The van der Waals surface area contributed by atoms with Crippen LogP contribution in [0.25, 0.3) is 0 Å². The standard InChI is InChI=1S/C17H31N3/c1-4-15-13-16(20(6-3)19-15)17(18-5-2)14-11-9-7-8-10-12-14/h13-14,17-18H,4-12H2,1-3H3. The third-order valence-electron chi connectivity index (χ3n) is 4.64. The summed E-state index contributed by atoms with van der Waals surface area (Å²) in [6.45, 7) is 8.63. The number of hydrogen-bond donors (Lipinski definition) is 1. The molecule has 114 valence electrons. The van der Waals surface area contributed by atoms with Gasteiger partial charge in [0.2, 0.25) is 0 Å². The van der Waals surface area contributed by atoms with E-state index in [0.717, 1.165) is 25.4 Å². The fourth-order valence-corrected chi connectivity index (χ4v) is 3.54. The molecule has 1 atom stereocenters. The van der Waals surface area contributed by atoms with E-state index in [0.29, 0.717) is 6.04 Å². The van der Waals surface area contributed by atoms with E-state index >= 15 is 0 Å². The van der Waals surface area contributed by atoms with Crippen LogP contribution in [0.4, 0.5) is 0 Å². The lowest BCUT2D eigenvalue weighted by Crippen LogP contribution is -2.30. The smallest absolute Gasteiger partial charge is 0.0625 e. The van der Waals surface area contributed by atoms with Gasteiger partial charge in [0.15, 0.2) is 0 Å². The molecule has 1 unspecified atom stereocenters. The summed E-state index contributed by atoms with van der Waals surface area (Å²) in [5.41, 5.74) is 2.65. The maximum Gasteiger partial charge on any atom is 0.0625 e. The number of aromatic nitrogens is 2. The van der Waals surface area contributed by atoms with Crippen LogP contribution in [0.1, 0.15) is 76.7 Å². The highest BCUT2D eigenvalue weighted by Gasteiger charge is 2.26. The molecule has 3 nitrogen and oxygen atoms in total. The highest BCUT2D eigenvalue weighted by molar-refractivity contribution is 5.16. The van der Waals surface area contributed by atoms with Gasteiger partial charge in [-0.2, -0.15) is 5.10 Å². The van der Waals surface area contributed by atoms with E-state index in [2.05, 4.69) is 36.8 Å². The molecule has 0 aliphatic heterocycles. The van der Waals surface area contributed by atoms with Gasteiger partial charge in [-0.05, 0) is 44.7 Å². The van der Waals surface area contributed by atoms with Gasteiger partial charge in [-0.1, -0.05) is 39.5 Å². The fourth-order valence-electron chi connectivity index (χ4n) is 3.54. The molecule has 1 fully saturated rings. The first-order chi connectivity index (χ1) is 9.80. The van der Waals surface area contributed by atoms with Crippen LogP contribution in [0.3, 0.4) is 0 Å². The third kappa shape index (κ3) is 3.63. The fraction of sp³-hybridized carbons (Fsp3) is 0.824. The molecule has 1 heterocycles. The zero-order valence-electron chi connectivity index (χ0n) is 13.5. The van der Waals surface area contributed by atoms with Crippen molar-refractivity contribution in [3.63, 3.8) is 0 Å². The number of nitrogens with zero attached hydrogens (tertiary/aromatic N) is 2. The molecule has 0 saturated heterocycles. The lowest BCUT2D eigenvalue weighted by Gasteiger charge is -2.27. The molecule has 0 amide bonds. The largest absolute Gasteiger partial charge is 0.309 e. The Morgan fingerprint density at radius 1 is 1.20 bits per heavy atom. The molecule has 1 aliphatic rings. The molecule has 1 N–H and O–H groups in total. The summed E-state index contributed by atoms with van der Waals surface area (Å²) < 4.78 is 2.22. The second kappa shape index (κ2) is 7.82. The number of rotatable bonds is 6. The molecule has 1 aromatic rings. The molecular formula is C17H31N3. The zero-order chi connectivity index (χ0) is 14.4. The van der Waals surface area contributed by atoms with E-state index < -0.39 is 0 Å². The average Bonchev–Trinajstić information content (AvgIpc) is 2.70. The van der Waals surface area contributed by atoms with Crippen molar-refractivity contribution in [3.8, 4) is 0 Å². The topological polar surface area (TPSA) is 29.9 Å². The second-order valence-corrected chi connectivity index (χ2v) is 6.02. The van der Waals surface area contributed by atoms with Crippen molar-refractivity contribution < 1.29 is 0 Å². The first-order valence-electron chi connectivity index (χ1n) is 8.60. The van der Waals surface area contributed by atoms with Gasteiger partial charge in [-0.25, -0.2) is 0 Å². The van der Waals surface area contributed by atoms with Crippen molar-refractivity contribution >= 4 is 0 Å². The van der Waals surface area contributed by atoms with Crippen LogP contribution in [-0.4, -0.2) is 16.3 Å². The van der Waals surface area contributed by atoms with E-state index in [-0.39, 0.29) is 0 Å². The molecule has 0 spiro atoms. The normalized spacial score (nSPS) is 18.9. The molecular weight excluding hydrogens is 246 g/mol. The minimum Gasteiger partial charge on any atom is -0.309 e. The molecule has 0 radical (unpaired) electrons. The molecule has 1 aliphatic carbocycles. The molecule has 2 rings (SSSR count). The van der Waals surface area contributed by atoms with E-state index in [1.54, 1.807) is 0 Å². The van der Waals surface area contributed by atoms with Crippen molar-refractivity contribution in [1.29, 1.82) is 0 Å². The summed E-state index contributed by atoms with van der Waals surface area (Å²) in [7, 11) is 0. The maximum absolute atomic E-state index is 4.75. The van der Waals surface area contributed by atoms with Crippen LogP contribution in [0.5, 0.6) is 0 Å². The quantitative estimate of drug-likeness (QED) is 0.794. The van der Waals surface area contributed by atoms with Crippen LogP contribution in [0, 0.1) is 5.92 Å². The van der Waals surface area contributed by atoms with Gasteiger partial charge in [0.25, 0.3) is 0 Å². The predicted octanol–water partition coefficient (Wildman–Crippen LogP) is 4.09. The maximum atomic E-state index is 4.75. The van der Waals surface area contributed by atoms with Crippen molar-refractivity contribution in [2.75, 3.05) is 6.54 Å². The van der Waals surface area contributed by atoms with Gasteiger partial charge >= 0.3 is 0 Å². The minimum atomic E-state index is 0.492. The Kier molecular flexibility index (Phi) is 6.08. The summed E-state index contributed by atoms with van der Waals surface area (Å²) in [4.78, 5) is 0. The summed E-state index contributed by atoms with van der Waals surface area (Å²) >= 11 is 0. The second-order valence-electron chi connectivity index (χ2n) is 6.02. The first kappa shape index (κ1) is 15.6. The highest BCUT2D eigenvalue weighted by Crippen LogP contribution is 2.34. The van der Waals surface area contributed by atoms with Crippen LogP contribution < -0.4 is 5.32 Å². The Balaban J connectivity index is 2.23. The molecule has 1 saturated carbocycles. The third-order valence-corrected chi connectivity index (χ3v) is 4.64. The molecule has 1 aromatic heterocycles. The van der Waals surface area contributed by atoms with E-state index in [9.17, 15) is 0 Å². The number of aryl methyl sites for hydroxylation is 2. The van der Waals surface area contributed by atoms with Gasteiger partial charge in [0.05, 0.1) is 17.4 Å². The van der Waals surface area contributed by atoms with Crippen LogP contribution in [0.2, 0.25) is 0 Å². The van der Waals surface area contributed by atoms with Gasteiger partial charge in [0.1, 0.15) is 0 Å². The van der Waals surface area contributed by atoms with Crippen LogP contribution in [-0.2, 0) is 13.0 Å². The monoisotopic (exact) mass is 277 g/mol. The summed E-state index contributed by atoms with van der Waals surface area (Å²) in [6, 6.07) is 2.83. The molecule has 3 heteroatoms. The van der Waals surface area contributed by atoms with Gasteiger partial charge in [-0.3, -0.25) is 4.68 Å². The lowest BCUT2D eigenvalue weighted by atomic mass is 9.89. The molecule has 20 heavy (non-hydrogen) atoms. The summed E-state index contributed by atoms with van der Waals surface area (Å²) in [5.74, 6) is 0.782. The lowest BCUT2D eigenvalue weighted by molar-refractivity contribution is 0.313.